The zero-order valence-electron chi connectivity index (χ0n) is 11.8. The van der Waals surface area contributed by atoms with E-state index in [0.717, 1.165) is 5.56 Å². The van der Waals surface area contributed by atoms with Crippen LogP contribution in [0.3, 0.4) is 0 Å². The number of ether oxygens (including phenoxy) is 1. The van der Waals surface area contributed by atoms with Crippen LogP contribution in [0.4, 0.5) is 0 Å². The maximum atomic E-state index is 12.0. The van der Waals surface area contributed by atoms with Gasteiger partial charge in [0.25, 0.3) is 5.91 Å². The van der Waals surface area contributed by atoms with Gasteiger partial charge in [0.15, 0.2) is 6.61 Å². The Morgan fingerprint density at radius 2 is 2.10 bits per heavy atom. The van der Waals surface area contributed by atoms with Gasteiger partial charge in [-0.05, 0) is 31.9 Å². The molecule has 0 bridgehead atoms. The van der Waals surface area contributed by atoms with Crippen LogP contribution in [0.1, 0.15) is 18.9 Å². The van der Waals surface area contributed by atoms with Gasteiger partial charge in [-0.3, -0.25) is 9.59 Å². The van der Waals surface area contributed by atoms with Crippen molar-refractivity contribution in [1.82, 2.24) is 4.90 Å². The molecule has 0 saturated carbocycles. The van der Waals surface area contributed by atoms with E-state index in [1.54, 1.807) is 11.8 Å². The summed E-state index contributed by atoms with van der Waals surface area (Å²) in [5, 5.41) is 9.15. The van der Waals surface area contributed by atoms with Gasteiger partial charge in [-0.15, -0.1) is 0 Å². The number of hydrogen-bond donors (Lipinski definition) is 1. The largest absolute Gasteiger partial charge is 0.484 e. The molecule has 0 aliphatic carbocycles. The fraction of sp³-hybridized carbons (Fsp3) is 0.467. The minimum atomic E-state index is -0.854. The summed E-state index contributed by atoms with van der Waals surface area (Å²) in [5.74, 6) is -0.341. The molecule has 0 aromatic heterocycles. The molecule has 1 aromatic rings. The molecule has 1 aliphatic heterocycles. The van der Waals surface area contributed by atoms with Crippen LogP contribution in [0.5, 0.6) is 5.75 Å². The van der Waals surface area contributed by atoms with E-state index in [4.69, 9.17) is 9.84 Å². The number of rotatable bonds is 4. The van der Waals surface area contributed by atoms with Gasteiger partial charge in [0, 0.05) is 13.1 Å². The minimum absolute atomic E-state index is 0.0550. The number of aliphatic carboxylic acids is 1. The van der Waals surface area contributed by atoms with Crippen LogP contribution in [-0.4, -0.2) is 41.6 Å². The van der Waals surface area contributed by atoms with Crippen LogP contribution in [0.2, 0.25) is 0 Å². The van der Waals surface area contributed by atoms with Crippen molar-refractivity contribution in [3.8, 4) is 5.75 Å². The Labute approximate surface area is 118 Å². The van der Waals surface area contributed by atoms with Gasteiger partial charge in [-0.2, -0.15) is 0 Å². The van der Waals surface area contributed by atoms with Gasteiger partial charge in [-0.1, -0.05) is 18.2 Å². The maximum absolute atomic E-state index is 12.0. The summed E-state index contributed by atoms with van der Waals surface area (Å²) >= 11 is 0. The number of carbonyl (C=O) groups is 2. The topological polar surface area (TPSA) is 66.8 Å². The van der Waals surface area contributed by atoms with Crippen LogP contribution in [0.25, 0.3) is 0 Å². The quantitative estimate of drug-likeness (QED) is 0.909. The maximum Gasteiger partial charge on any atom is 0.311 e. The number of carboxylic acids is 1. The predicted octanol–water partition coefficient (Wildman–Crippen LogP) is 1.70. The van der Waals surface area contributed by atoms with E-state index in [9.17, 15) is 9.59 Å². The number of benzene rings is 1. The number of amides is 1. The summed E-state index contributed by atoms with van der Waals surface area (Å²) < 4.78 is 5.50. The van der Waals surface area contributed by atoms with Gasteiger partial charge in [0.1, 0.15) is 5.75 Å². The fourth-order valence-corrected chi connectivity index (χ4v) is 2.30. The first-order chi connectivity index (χ1) is 9.42. The minimum Gasteiger partial charge on any atom is -0.484 e. The molecule has 1 heterocycles. The lowest BCUT2D eigenvalue weighted by Gasteiger charge is -2.20. The Kier molecular flexibility index (Phi) is 3.97. The third-order valence-corrected chi connectivity index (χ3v) is 3.79. The van der Waals surface area contributed by atoms with Crippen molar-refractivity contribution < 1.29 is 19.4 Å². The van der Waals surface area contributed by atoms with Crippen LogP contribution in [0.15, 0.2) is 24.3 Å². The van der Waals surface area contributed by atoms with Crippen molar-refractivity contribution >= 4 is 11.9 Å². The Balaban J connectivity index is 1.91. The number of hydrogen-bond acceptors (Lipinski definition) is 3. The summed E-state index contributed by atoms with van der Waals surface area (Å²) in [6.45, 7) is 4.25. The predicted molar refractivity (Wildman–Crippen MR) is 73.6 cm³/mol. The van der Waals surface area contributed by atoms with Gasteiger partial charge in [-0.25, -0.2) is 0 Å². The standard InChI is InChI=1S/C15H19NO4/c1-11-5-3-4-6-12(11)20-9-13(17)16-8-7-15(2,10-16)14(18)19/h3-6H,7-10H2,1-2H3,(H,18,19)/t15-/m0/s1. The molecule has 2 rings (SSSR count). The lowest BCUT2D eigenvalue weighted by molar-refractivity contribution is -0.147. The fourth-order valence-electron chi connectivity index (χ4n) is 2.30. The molecule has 1 aromatic carbocycles. The highest BCUT2D eigenvalue weighted by molar-refractivity contribution is 5.81. The Morgan fingerprint density at radius 1 is 1.40 bits per heavy atom. The van der Waals surface area contributed by atoms with E-state index < -0.39 is 11.4 Å². The van der Waals surface area contributed by atoms with E-state index in [-0.39, 0.29) is 19.1 Å². The molecular formula is C15H19NO4. The van der Waals surface area contributed by atoms with Crippen LogP contribution >= 0.6 is 0 Å². The highest BCUT2D eigenvalue weighted by Crippen LogP contribution is 2.30. The van der Waals surface area contributed by atoms with Crippen LogP contribution in [-0.2, 0) is 9.59 Å². The van der Waals surface area contributed by atoms with Gasteiger partial charge in [0.2, 0.25) is 0 Å². The van der Waals surface area contributed by atoms with E-state index in [2.05, 4.69) is 0 Å². The second-order valence-electron chi connectivity index (χ2n) is 5.49. The zero-order valence-corrected chi connectivity index (χ0v) is 11.8. The summed E-state index contributed by atoms with van der Waals surface area (Å²) in [7, 11) is 0. The van der Waals surface area contributed by atoms with Gasteiger partial charge >= 0.3 is 5.97 Å². The van der Waals surface area contributed by atoms with Crippen molar-refractivity contribution in [3.05, 3.63) is 29.8 Å². The number of para-hydroxylation sites is 1. The van der Waals surface area contributed by atoms with Crippen molar-refractivity contribution in [1.29, 1.82) is 0 Å². The lowest BCUT2D eigenvalue weighted by atomic mass is 9.90. The van der Waals surface area contributed by atoms with Gasteiger partial charge in [0.05, 0.1) is 5.41 Å². The molecule has 1 N–H and O–H groups in total. The third kappa shape index (κ3) is 2.92. The molecule has 5 heteroatoms. The summed E-state index contributed by atoms with van der Waals surface area (Å²) in [6.07, 6.45) is 0.485. The molecule has 108 valence electrons. The molecule has 1 fully saturated rings. The molecule has 20 heavy (non-hydrogen) atoms. The molecular weight excluding hydrogens is 258 g/mol. The molecule has 0 spiro atoms. The van der Waals surface area contributed by atoms with E-state index in [1.165, 1.54) is 0 Å². The van der Waals surface area contributed by atoms with Gasteiger partial charge < -0.3 is 14.7 Å². The summed E-state index contributed by atoms with van der Waals surface area (Å²) in [4.78, 5) is 24.8. The van der Waals surface area contributed by atoms with Crippen molar-refractivity contribution in [2.24, 2.45) is 5.41 Å². The Hall–Kier alpha value is -2.04. The van der Waals surface area contributed by atoms with Crippen molar-refractivity contribution in [2.45, 2.75) is 20.3 Å². The first-order valence-corrected chi connectivity index (χ1v) is 6.62. The molecule has 1 aliphatic rings. The smallest absolute Gasteiger partial charge is 0.311 e. The molecule has 0 radical (unpaired) electrons. The molecule has 1 amide bonds. The van der Waals surface area contributed by atoms with Crippen molar-refractivity contribution in [3.63, 3.8) is 0 Å². The average molecular weight is 277 g/mol. The highest BCUT2D eigenvalue weighted by atomic mass is 16.5. The number of aryl methyl sites for hydroxylation is 1. The summed E-state index contributed by atoms with van der Waals surface area (Å²) in [5.41, 5.74) is 0.135. The summed E-state index contributed by atoms with van der Waals surface area (Å²) in [6, 6.07) is 7.48. The van der Waals surface area contributed by atoms with Crippen LogP contribution < -0.4 is 4.74 Å². The van der Waals surface area contributed by atoms with E-state index >= 15 is 0 Å². The second kappa shape index (κ2) is 5.53. The van der Waals surface area contributed by atoms with Crippen molar-refractivity contribution in [2.75, 3.05) is 19.7 Å². The Morgan fingerprint density at radius 3 is 2.70 bits per heavy atom. The van der Waals surface area contributed by atoms with Crippen LogP contribution in [0, 0.1) is 12.3 Å². The first-order valence-electron chi connectivity index (χ1n) is 6.62. The number of nitrogens with zero attached hydrogens (tertiary/aromatic N) is 1. The number of carbonyl (C=O) groups excluding carboxylic acids is 1. The molecule has 5 nitrogen and oxygen atoms in total. The van der Waals surface area contributed by atoms with E-state index in [0.29, 0.717) is 18.7 Å². The third-order valence-electron chi connectivity index (χ3n) is 3.79. The Bertz CT molecular complexity index is 528. The lowest BCUT2D eigenvalue weighted by Crippen LogP contribution is -2.37. The normalized spacial score (nSPS) is 21.8. The highest BCUT2D eigenvalue weighted by Gasteiger charge is 2.42. The SMILES string of the molecule is Cc1ccccc1OCC(=O)N1CC[C@](C)(C(=O)O)C1. The monoisotopic (exact) mass is 277 g/mol. The second-order valence-corrected chi connectivity index (χ2v) is 5.49. The zero-order chi connectivity index (χ0) is 14.8. The first kappa shape index (κ1) is 14.4. The van der Waals surface area contributed by atoms with E-state index in [1.807, 2.05) is 31.2 Å². The number of likely N-dealkylation sites (tertiary alicyclic amines) is 1. The number of carboxylic acid groups (broad SMARTS) is 1. The molecule has 1 atom stereocenters. The molecule has 0 unspecified atom stereocenters. The molecule has 1 saturated heterocycles. The average Bonchev–Trinajstić information content (AvgIpc) is 2.82.